The van der Waals surface area contributed by atoms with Gasteiger partial charge in [-0.1, -0.05) is 6.58 Å². The van der Waals surface area contributed by atoms with Crippen molar-refractivity contribution in [3.05, 3.63) is 67.3 Å². The third kappa shape index (κ3) is 4.37. The van der Waals surface area contributed by atoms with E-state index in [1.165, 1.54) is 6.07 Å². The predicted octanol–water partition coefficient (Wildman–Crippen LogP) is 4.37. The summed E-state index contributed by atoms with van der Waals surface area (Å²) >= 11 is 0. The van der Waals surface area contributed by atoms with Crippen LogP contribution < -0.4 is 10.6 Å². The molecule has 0 fully saturated rings. The first-order valence-corrected chi connectivity index (χ1v) is 8.12. The molecule has 2 N–H and O–H groups in total. The van der Waals surface area contributed by atoms with Gasteiger partial charge in [0.25, 0.3) is 0 Å². The Morgan fingerprint density at radius 1 is 1.21 bits per heavy atom. The van der Waals surface area contributed by atoms with Crippen molar-refractivity contribution in [2.24, 2.45) is 7.05 Å². The van der Waals surface area contributed by atoms with Crippen molar-refractivity contribution < 1.29 is 18.0 Å². The first-order valence-electron chi connectivity index (χ1n) is 8.12. The monoisotopic (exact) mass is 387 g/mol. The number of anilines is 3. The molecule has 0 aliphatic carbocycles. The molecule has 9 heteroatoms. The van der Waals surface area contributed by atoms with E-state index in [0.717, 1.165) is 18.3 Å². The van der Waals surface area contributed by atoms with Crippen LogP contribution in [-0.2, 0) is 18.0 Å². The molecule has 3 rings (SSSR count). The predicted molar refractivity (Wildman–Crippen MR) is 100.0 cm³/mol. The number of aryl methyl sites for hydroxylation is 1. The number of hydrogen-bond donors (Lipinski definition) is 2. The highest BCUT2D eigenvalue weighted by Gasteiger charge is 2.30. The number of alkyl halides is 3. The fraction of sp³-hybridized carbons (Fsp3) is 0.105. The van der Waals surface area contributed by atoms with Crippen molar-refractivity contribution in [1.82, 2.24) is 14.5 Å². The molecule has 2 heterocycles. The van der Waals surface area contributed by atoms with Crippen LogP contribution in [0.3, 0.4) is 0 Å². The van der Waals surface area contributed by atoms with E-state index in [2.05, 4.69) is 27.2 Å². The molecule has 0 aliphatic heterocycles. The summed E-state index contributed by atoms with van der Waals surface area (Å²) in [6, 6.07) is 7.24. The van der Waals surface area contributed by atoms with E-state index in [1.807, 2.05) is 7.05 Å². The maximum Gasteiger partial charge on any atom is 0.417 e. The van der Waals surface area contributed by atoms with Crippen molar-refractivity contribution in [3.63, 3.8) is 0 Å². The number of carbonyl (C=O) groups is 1. The van der Waals surface area contributed by atoms with Crippen LogP contribution in [0.2, 0.25) is 0 Å². The fourth-order valence-corrected chi connectivity index (χ4v) is 2.46. The summed E-state index contributed by atoms with van der Waals surface area (Å²) in [6.07, 6.45) is 0.861. The van der Waals surface area contributed by atoms with E-state index in [4.69, 9.17) is 0 Å². The maximum absolute atomic E-state index is 12.7. The summed E-state index contributed by atoms with van der Waals surface area (Å²) in [7, 11) is 1.81. The van der Waals surface area contributed by atoms with E-state index in [-0.39, 0.29) is 11.7 Å². The second kappa shape index (κ2) is 7.55. The second-order valence-electron chi connectivity index (χ2n) is 5.93. The molecular formula is C19H16F3N5O. The van der Waals surface area contributed by atoms with Crippen molar-refractivity contribution >= 4 is 23.1 Å². The number of rotatable bonds is 5. The van der Waals surface area contributed by atoms with Crippen LogP contribution in [0.5, 0.6) is 0 Å². The number of amides is 1. The summed E-state index contributed by atoms with van der Waals surface area (Å²) in [4.78, 5) is 19.7. The summed E-state index contributed by atoms with van der Waals surface area (Å²) in [5.41, 5.74) is 1.53. The van der Waals surface area contributed by atoms with Gasteiger partial charge >= 0.3 is 6.18 Å². The smallest absolute Gasteiger partial charge is 0.340 e. The molecule has 0 aliphatic rings. The first kappa shape index (κ1) is 19.2. The van der Waals surface area contributed by atoms with Gasteiger partial charge in [0.15, 0.2) is 0 Å². The van der Waals surface area contributed by atoms with Crippen LogP contribution in [0, 0.1) is 0 Å². The summed E-state index contributed by atoms with van der Waals surface area (Å²) in [5.74, 6) is -0.120. The Labute approximate surface area is 158 Å². The Morgan fingerprint density at radius 2 is 2.00 bits per heavy atom. The average molecular weight is 387 g/mol. The highest BCUT2D eigenvalue weighted by atomic mass is 19.4. The molecule has 144 valence electrons. The third-order valence-corrected chi connectivity index (χ3v) is 3.81. The first-order chi connectivity index (χ1) is 13.3. The van der Waals surface area contributed by atoms with Crippen molar-refractivity contribution in [1.29, 1.82) is 0 Å². The molecule has 28 heavy (non-hydrogen) atoms. The van der Waals surface area contributed by atoms with E-state index >= 15 is 0 Å². The Bertz CT molecular complexity index is 1010. The minimum atomic E-state index is -4.45. The topological polar surface area (TPSA) is 71.8 Å². The van der Waals surface area contributed by atoms with Gasteiger partial charge in [0.1, 0.15) is 5.82 Å². The molecule has 0 spiro atoms. The minimum absolute atomic E-state index is 0.244. The highest BCUT2D eigenvalue weighted by molar-refractivity contribution is 5.99. The molecule has 0 unspecified atom stereocenters. The SMILES string of the molecule is C=CC(=O)Nc1ccc(Nc2ccc(C(F)(F)F)cn2)c(-c2cn(C)cn2)c1. The number of nitrogens with one attached hydrogen (secondary N) is 2. The van der Waals surface area contributed by atoms with E-state index in [1.54, 1.807) is 35.3 Å². The van der Waals surface area contributed by atoms with Crippen LogP contribution in [0.1, 0.15) is 5.56 Å². The maximum atomic E-state index is 12.7. The van der Waals surface area contributed by atoms with Gasteiger partial charge in [-0.3, -0.25) is 4.79 Å². The lowest BCUT2D eigenvalue weighted by molar-refractivity contribution is -0.137. The lowest BCUT2D eigenvalue weighted by Gasteiger charge is -2.13. The van der Waals surface area contributed by atoms with Crippen LogP contribution in [-0.4, -0.2) is 20.4 Å². The number of hydrogen-bond acceptors (Lipinski definition) is 4. The summed E-state index contributed by atoms with van der Waals surface area (Å²) in [6.45, 7) is 3.41. The third-order valence-electron chi connectivity index (χ3n) is 3.81. The molecule has 0 saturated carbocycles. The van der Waals surface area contributed by atoms with Gasteiger partial charge in [0, 0.05) is 36.4 Å². The largest absolute Gasteiger partial charge is 0.417 e. The lowest BCUT2D eigenvalue weighted by Crippen LogP contribution is -2.08. The molecule has 1 aromatic carbocycles. The lowest BCUT2D eigenvalue weighted by atomic mass is 10.1. The number of nitrogens with zero attached hydrogens (tertiary/aromatic N) is 3. The zero-order valence-electron chi connectivity index (χ0n) is 14.8. The zero-order valence-corrected chi connectivity index (χ0v) is 14.8. The summed E-state index contributed by atoms with van der Waals surface area (Å²) in [5, 5.41) is 5.66. The van der Waals surface area contributed by atoms with Gasteiger partial charge in [-0.15, -0.1) is 0 Å². The van der Waals surface area contributed by atoms with E-state index in [9.17, 15) is 18.0 Å². The van der Waals surface area contributed by atoms with Gasteiger partial charge in [-0.2, -0.15) is 13.2 Å². The highest BCUT2D eigenvalue weighted by Crippen LogP contribution is 2.33. The van der Waals surface area contributed by atoms with E-state index in [0.29, 0.717) is 22.6 Å². The molecular weight excluding hydrogens is 371 g/mol. The molecule has 6 nitrogen and oxygen atoms in total. The van der Waals surface area contributed by atoms with Gasteiger partial charge in [0.2, 0.25) is 5.91 Å². The molecule has 3 aromatic rings. The fourth-order valence-electron chi connectivity index (χ4n) is 2.46. The van der Waals surface area contributed by atoms with Gasteiger partial charge in [-0.25, -0.2) is 9.97 Å². The van der Waals surface area contributed by atoms with Crippen molar-refractivity contribution in [3.8, 4) is 11.3 Å². The summed E-state index contributed by atoms with van der Waals surface area (Å²) < 4.78 is 39.9. The molecule has 0 radical (unpaired) electrons. The number of halogens is 3. The van der Waals surface area contributed by atoms with Crippen LogP contribution >= 0.6 is 0 Å². The van der Waals surface area contributed by atoms with Crippen LogP contribution in [0.15, 0.2) is 61.7 Å². The molecule has 0 saturated heterocycles. The molecule has 0 atom stereocenters. The van der Waals surface area contributed by atoms with Crippen LogP contribution in [0.25, 0.3) is 11.3 Å². The van der Waals surface area contributed by atoms with Gasteiger partial charge < -0.3 is 15.2 Å². The van der Waals surface area contributed by atoms with Crippen molar-refractivity contribution in [2.45, 2.75) is 6.18 Å². The quantitative estimate of drug-likeness (QED) is 0.638. The van der Waals surface area contributed by atoms with Crippen LogP contribution in [0.4, 0.5) is 30.4 Å². The minimum Gasteiger partial charge on any atom is -0.340 e. The van der Waals surface area contributed by atoms with Gasteiger partial charge in [0.05, 0.1) is 17.6 Å². The Balaban J connectivity index is 1.95. The number of imidazole rings is 1. The Hall–Kier alpha value is -3.62. The number of benzene rings is 1. The second-order valence-corrected chi connectivity index (χ2v) is 5.93. The normalized spacial score (nSPS) is 11.1. The Kier molecular flexibility index (Phi) is 5.16. The van der Waals surface area contributed by atoms with Crippen molar-refractivity contribution in [2.75, 3.05) is 10.6 Å². The van der Waals surface area contributed by atoms with Gasteiger partial charge in [-0.05, 0) is 36.4 Å². The number of carbonyl (C=O) groups excluding carboxylic acids is 1. The van der Waals surface area contributed by atoms with E-state index < -0.39 is 11.7 Å². The average Bonchev–Trinajstić information content (AvgIpc) is 3.08. The number of pyridine rings is 1. The zero-order chi connectivity index (χ0) is 20.3. The molecule has 2 aromatic heterocycles. The molecule has 0 bridgehead atoms. The molecule has 1 amide bonds. The Morgan fingerprint density at radius 3 is 2.57 bits per heavy atom. The number of aromatic nitrogens is 3. The standard InChI is InChI=1S/C19H16F3N5O/c1-3-18(28)25-13-5-6-15(14(8-13)16-10-27(2)11-24-16)26-17-7-4-12(9-23-17)19(20,21)22/h3-11H,1H2,2H3,(H,23,26)(H,25,28).